The SMILES string of the molecule is CCS(=O)(=O)c1ccc(-n2cnc(C(=O)O)c2)cc1. The minimum absolute atomic E-state index is 0.0422. The van der Waals surface area contributed by atoms with E-state index in [9.17, 15) is 13.2 Å². The lowest BCUT2D eigenvalue weighted by Crippen LogP contribution is -2.03. The lowest BCUT2D eigenvalue weighted by molar-refractivity contribution is 0.0691. The van der Waals surface area contributed by atoms with E-state index >= 15 is 0 Å². The van der Waals surface area contributed by atoms with Gasteiger partial charge < -0.3 is 9.67 Å². The van der Waals surface area contributed by atoms with Crippen LogP contribution in [0.15, 0.2) is 41.7 Å². The van der Waals surface area contributed by atoms with E-state index in [1.165, 1.54) is 29.2 Å². The zero-order chi connectivity index (χ0) is 14.0. The molecule has 1 aromatic heterocycles. The number of hydrogen-bond donors (Lipinski definition) is 1. The van der Waals surface area contributed by atoms with Gasteiger partial charge in [0.1, 0.15) is 6.33 Å². The fourth-order valence-electron chi connectivity index (χ4n) is 1.57. The Hall–Kier alpha value is -2.15. The second kappa shape index (κ2) is 4.85. The van der Waals surface area contributed by atoms with Crippen molar-refractivity contribution in [1.82, 2.24) is 9.55 Å². The van der Waals surface area contributed by atoms with E-state index in [2.05, 4.69) is 4.98 Å². The van der Waals surface area contributed by atoms with Crippen molar-refractivity contribution in [3.8, 4) is 5.69 Å². The number of aromatic nitrogens is 2. The Kier molecular flexibility index (Phi) is 3.39. The monoisotopic (exact) mass is 280 g/mol. The van der Waals surface area contributed by atoms with Gasteiger partial charge in [0.05, 0.1) is 10.6 Å². The van der Waals surface area contributed by atoms with Gasteiger partial charge in [-0.1, -0.05) is 6.92 Å². The fourth-order valence-corrected chi connectivity index (χ4v) is 2.45. The summed E-state index contributed by atoms with van der Waals surface area (Å²) >= 11 is 0. The molecule has 2 rings (SSSR count). The molecule has 0 aliphatic carbocycles. The largest absolute Gasteiger partial charge is 0.476 e. The summed E-state index contributed by atoms with van der Waals surface area (Å²) in [5.41, 5.74) is 0.584. The van der Waals surface area contributed by atoms with Crippen molar-refractivity contribution in [2.45, 2.75) is 11.8 Å². The number of carboxylic acids is 1. The summed E-state index contributed by atoms with van der Waals surface area (Å²) in [6.07, 6.45) is 2.73. The topological polar surface area (TPSA) is 89.3 Å². The summed E-state index contributed by atoms with van der Waals surface area (Å²) in [5, 5.41) is 8.77. The van der Waals surface area contributed by atoms with E-state index < -0.39 is 15.8 Å². The summed E-state index contributed by atoms with van der Waals surface area (Å²) in [6.45, 7) is 1.58. The molecule has 7 heteroatoms. The van der Waals surface area contributed by atoms with Crippen molar-refractivity contribution in [3.63, 3.8) is 0 Å². The Balaban J connectivity index is 2.35. The zero-order valence-corrected chi connectivity index (χ0v) is 11.0. The number of carbonyl (C=O) groups is 1. The molecule has 0 saturated carbocycles. The molecule has 6 nitrogen and oxygen atoms in total. The van der Waals surface area contributed by atoms with Gasteiger partial charge in [-0.05, 0) is 24.3 Å². The molecule has 19 heavy (non-hydrogen) atoms. The van der Waals surface area contributed by atoms with Gasteiger partial charge in [0.15, 0.2) is 15.5 Å². The molecule has 1 heterocycles. The zero-order valence-electron chi connectivity index (χ0n) is 10.1. The maximum atomic E-state index is 11.6. The lowest BCUT2D eigenvalue weighted by Gasteiger charge is -2.04. The van der Waals surface area contributed by atoms with Crippen LogP contribution < -0.4 is 0 Å². The molecule has 0 atom stereocenters. The van der Waals surface area contributed by atoms with E-state index in [1.54, 1.807) is 19.1 Å². The Bertz CT molecular complexity index is 702. The van der Waals surface area contributed by atoms with E-state index in [0.29, 0.717) is 5.69 Å². The van der Waals surface area contributed by atoms with E-state index in [-0.39, 0.29) is 16.3 Å². The molecule has 2 aromatic rings. The van der Waals surface area contributed by atoms with Crippen LogP contribution in [0.5, 0.6) is 0 Å². The van der Waals surface area contributed by atoms with Gasteiger partial charge >= 0.3 is 5.97 Å². The Morgan fingerprint density at radius 1 is 1.32 bits per heavy atom. The van der Waals surface area contributed by atoms with Crippen molar-refractivity contribution < 1.29 is 18.3 Å². The van der Waals surface area contributed by atoms with E-state index in [1.807, 2.05) is 0 Å². The molecule has 0 aliphatic heterocycles. The third-order valence-electron chi connectivity index (χ3n) is 2.68. The molecular weight excluding hydrogens is 268 g/mol. The minimum Gasteiger partial charge on any atom is -0.476 e. The van der Waals surface area contributed by atoms with E-state index in [4.69, 9.17) is 5.11 Å². The summed E-state index contributed by atoms with van der Waals surface area (Å²) in [4.78, 5) is 14.7. The molecule has 0 radical (unpaired) electrons. The van der Waals surface area contributed by atoms with Gasteiger partial charge in [0.2, 0.25) is 0 Å². The molecule has 0 saturated heterocycles. The molecular formula is C12H12N2O4S. The number of nitrogens with zero attached hydrogens (tertiary/aromatic N) is 2. The van der Waals surface area contributed by atoms with Gasteiger partial charge in [-0.2, -0.15) is 0 Å². The maximum absolute atomic E-state index is 11.6. The Morgan fingerprint density at radius 3 is 2.42 bits per heavy atom. The predicted molar refractivity (Wildman–Crippen MR) is 68.3 cm³/mol. The molecule has 0 amide bonds. The molecule has 1 N–H and O–H groups in total. The van der Waals surface area contributed by atoms with Crippen LogP contribution in [-0.2, 0) is 9.84 Å². The molecule has 100 valence electrons. The number of imidazole rings is 1. The van der Waals surface area contributed by atoms with Crippen LogP contribution in [0.25, 0.3) is 5.69 Å². The first kappa shape index (κ1) is 13.3. The molecule has 0 fully saturated rings. The van der Waals surface area contributed by atoms with Crippen molar-refractivity contribution in [3.05, 3.63) is 42.5 Å². The van der Waals surface area contributed by atoms with E-state index in [0.717, 1.165) is 0 Å². The summed E-state index contributed by atoms with van der Waals surface area (Å²) < 4.78 is 24.8. The van der Waals surface area contributed by atoms with Gasteiger partial charge in [-0.3, -0.25) is 0 Å². The molecule has 0 spiro atoms. The highest BCUT2D eigenvalue weighted by molar-refractivity contribution is 7.91. The Morgan fingerprint density at radius 2 is 1.95 bits per heavy atom. The van der Waals surface area contributed by atoms with Crippen LogP contribution in [0.4, 0.5) is 0 Å². The van der Waals surface area contributed by atoms with Crippen LogP contribution in [0.2, 0.25) is 0 Å². The number of sulfone groups is 1. The van der Waals surface area contributed by atoms with Crippen LogP contribution in [0.1, 0.15) is 17.4 Å². The van der Waals surface area contributed by atoms with Gasteiger partial charge in [0, 0.05) is 11.9 Å². The fraction of sp³-hybridized carbons (Fsp3) is 0.167. The third kappa shape index (κ3) is 2.65. The average molecular weight is 280 g/mol. The number of benzene rings is 1. The molecule has 0 aliphatic rings. The summed E-state index contributed by atoms with van der Waals surface area (Å²) in [6, 6.07) is 6.20. The maximum Gasteiger partial charge on any atom is 0.356 e. The van der Waals surface area contributed by atoms with Gasteiger partial charge in [-0.15, -0.1) is 0 Å². The van der Waals surface area contributed by atoms with Gasteiger partial charge in [0.25, 0.3) is 0 Å². The summed E-state index contributed by atoms with van der Waals surface area (Å²) in [5.74, 6) is -1.07. The highest BCUT2D eigenvalue weighted by Gasteiger charge is 2.12. The van der Waals surface area contributed by atoms with Gasteiger partial charge in [-0.25, -0.2) is 18.2 Å². The first-order chi connectivity index (χ1) is 8.94. The van der Waals surface area contributed by atoms with Crippen molar-refractivity contribution in [1.29, 1.82) is 0 Å². The summed E-state index contributed by atoms with van der Waals surface area (Å²) in [7, 11) is -3.22. The number of rotatable bonds is 4. The van der Waals surface area contributed by atoms with Crippen LogP contribution in [0.3, 0.4) is 0 Å². The van der Waals surface area contributed by atoms with Crippen LogP contribution >= 0.6 is 0 Å². The number of hydrogen-bond acceptors (Lipinski definition) is 4. The van der Waals surface area contributed by atoms with Crippen molar-refractivity contribution >= 4 is 15.8 Å². The lowest BCUT2D eigenvalue weighted by atomic mass is 10.3. The first-order valence-corrected chi connectivity index (χ1v) is 7.20. The van der Waals surface area contributed by atoms with Crippen LogP contribution in [0, 0.1) is 0 Å². The van der Waals surface area contributed by atoms with Crippen molar-refractivity contribution in [2.75, 3.05) is 5.75 Å². The number of carboxylic acid groups (broad SMARTS) is 1. The second-order valence-corrected chi connectivity index (χ2v) is 6.15. The second-order valence-electron chi connectivity index (χ2n) is 3.87. The molecule has 0 unspecified atom stereocenters. The number of aromatic carboxylic acids is 1. The Labute approximate surface area is 110 Å². The third-order valence-corrected chi connectivity index (χ3v) is 4.43. The standard InChI is InChI=1S/C12H12N2O4S/c1-2-19(17,18)10-5-3-9(4-6-10)14-7-11(12(15)16)13-8-14/h3-8H,2H2,1H3,(H,15,16). The highest BCUT2D eigenvalue weighted by atomic mass is 32.2. The highest BCUT2D eigenvalue weighted by Crippen LogP contribution is 2.15. The minimum atomic E-state index is -3.22. The predicted octanol–water partition coefficient (Wildman–Crippen LogP) is 1.36. The van der Waals surface area contributed by atoms with Crippen molar-refractivity contribution in [2.24, 2.45) is 0 Å². The average Bonchev–Trinajstić information content (AvgIpc) is 2.88. The first-order valence-electron chi connectivity index (χ1n) is 5.54. The van der Waals surface area contributed by atoms with Crippen LogP contribution in [-0.4, -0.2) is 34.8 Å². The smallest absolute Gasteiger partial charge is 0.356 e. The quantitative estimate of drug-likeness (QED) is 0.913. The molecule has 1 aromatic carbocycles. The normalized spacial score (nSPS) is 11.4. The molecule has 0 bridgehead atoms.